The van der Waals surface area contributed by atoms with Gasteiger partial charge in [-0.3, -0.25) is 4.79 Å². The minimum Gasteiger partial charge on any atom is -0.480 e. The molecule has 2 rings (SSSR count). The van der Waals surface area contributed by atoms with E-state index < -0.39 is 23.0 Å². The normalized spacial score (nSPS) is 47.5. The lowest BCUT2D eigenvalue weighted by Gasteiger charge is -2.53. The lowest BCUT2D eigenvalue weighted by molar-refractivity contribution is -0.150. The summed E-state index contributed by atoms with van der Waals surface area (Å²) in [5.74, 6) is 0.00127. The predicted molar refractivity (Wildman–Crippen MR) is 64.4 cm³/mol. The summed E-state index contributed by atoms with van der Waals surface area (Å²) in [6.07, 6.45) is 4.04. The fourth-order valence-corrected chi connectivity index (χ4v) is 4.32. The molecule has 0 aliphatic heterocycles. The molecule has 0 aromatic heterocycles. The minimum absolute atomic E-state index is 0.424. The van der Waals surface area contributed by atoms with E-state index in [1.54, 1.807) is 0 Å². The highest BCUT2D eigenvalue weighted by Gasteiger charge is 2.52. The molecule has 5 atom stereocenters. The molecule has 0 saturated heterocycles. The van der Waals surface area contributed by atoms with Crippen LogP contribution in [-0.2, 0) is 4.79 Å². The quantitative estimate of drug-likeness (QED) is 0.681. The van der Waals surface area contributed by atoms with Gasteiger partial charge in [-0.15, -0.1) is 0 Å². The van der Waals surface area contributed by atoms with Crippen LogP contribution in [0.2, 0.25) is 0 Å². The molecule has 0 aromatic carbocycles. The average molecular weight is 241 g/mol. The molecule has 4 heteroatoms. The number of carbonyl (C=O) groups is 1. The van der Waals surface area contributed by atoms with Crippen LogP contribution in [0.3, 0.4) is 0 Å². The van der Waals surface area contributed by atoms with Crippen LogP contribution in [0.15, 0.2) is 0 Å². The topological polar surface area (TPSA) is 83.5 Å². The van der Waals surface area contributed by atoms with E-state index in [2.05, 4.69) is 6.92 Å². The first-order chi connectivity index (χ1) is 7.74. The van der Waals surface area contributed by atoms with Crippen LogP contribution in [0.1, 0.15) is 46.0 Å². The lowest BCUT2D eigenvalue weighted by Crippen LogP contribution is -2.56. The van der Waals surface area contributed by atoms with Crippen molar-refractivity contribution in [1.82, 2.24) is 0 Å². The van der Waals surface area contributed by atoms with Crippen molar-refractivity contribution in [3.63, 3.8) is 0 Å². The van der Waals surface area contributed by atoms with Gasteiger partial charge in [-0.2, -0.15) is 0 Å². The van der Waals surface area contributed by atoms with Crippen LogP contribution in [-0.4, -0.2) is 27.8 Å². The summed E-state index contributed by atoms with van der Waals surface area (Å²) in [6.45, 7) is 4.08. The van der Waals surface area contributed by atoms with Gasteiger partial charge >= 0.3 is 5.97 Å². The molecule has 2 bridgehead atoms. The van der Waals surface area contributed by atoms with Crippen LogP contribution >= 0.6 is 0 Å². The molecule has 17 heavy (non-hydrogen) atoms. The van der Waals surface area contributed by atoms with Crippen molar-refractivity contribution in [2.75, 3.05) is 0 Å². The van der Waals surface area contributed by atoms with Crippen molar-refractivity contribution in [2.24, 2.45) is 23.0 Å². The number of rotatable bonds is 2. The maximum atomic E-state index is 11.1. The van der Waals surface area contributed by atoms with Crippen molar-refractivity contribution < 1.29 is 15.0 Å². The largest absolute Gasteiger partial charge is 0.480 e. The third-order valence-corrected chi connectivity index (χ3v) is 4.64. The maximum Gasteiger partial charge on any atom is 0.321 e. The number of fused-ring (bicyclic) bond motifs is 2. The Labute approximate surface area is 102 Å². The van der Waals surface area contributed by atoms with Gasteiger partial charge in [0.2, 0.25) is 0 Å². The molecule has 0 aromatic rings. The Kier molecular flexibility index (Phi) is 2.99. The van der Waals surface area contributed by atoms with Crippen molar-refractivity contribution in [3.8, 4) is 0 Å². The van der Waals surface area contributed by atoms with Gasteiger partial charge in [-0.25, -0.2) is 0 Å². The molecule has 98 valence electrons. The second-order valence-corrected chi connectivity index (χ2v) is 6.69. The van der Waals surface area contributed by atoms with Gasteiger partial charge in [0.15, 0.2) is 0 Å². The Morgan fingerprint density at radius 1 is 1.41 bits per heavy atom. The monoisotopic (exact) mass is 241 g/mol. The summed E-state index contributed by atoms with van der Waals surface area (Å²) in [6, 6.07) is -0.870. The summed E-state index contributed by atoms with van der Waals surface area (Å²) in [5.41, 5.74) is 4.65. The Bertz CT molecular complexity index is 329. The van der Waals surface area contributed by atoms with Gasteiger partial charge in [-0.05, 0) is 49.4 Å². The molecule has 0 spiro atoms. The first-order valence-corrected chi connectivity index (χ1v) is 6.45. The van der Waals surface area contributed by atoms with Crippen LogP contribution in [0.5, 0.6) is 0 Å². The van der Waals surface area contributed by atoms with Crippen LogP contribution in [0.25, 0.3) is 0 Å². The molecule has 2 aliphatic rings. The first-order valence-electron chi connectivity index (χ1n) is 6.45. The summed E-state index contributed by atoms with van der Waals surface area (Å²) in [4.78, 5) is 11.1. The van der Waals surface area contributed by atoms with Gasteiger partial charge in [0, 0.05) is 0 Å². The number of aliphatic carboxylic acids is 1. The molecule has 0 radical (unpaired) electrons. The van der Waals surface area contributed by atoms with E-state index in [0.29, 0.717) is 18.3 Å². The number of carboxylic acids is 1. The van der Waals surface area contributed by atoms with Gasteiger partial charge in [0.05, 0.1) is 5.60 Å². The zero-order valence-electron chi connectivity index (χ0n) is 10.6. The molecule has 0 heterocycles. The van der Waals surface area contributed by atoms with E-state index in [0.717, 1.165) is 25.7 Å². The molecule has 2 aliphatic carbocycles. The lowest BCUT2D eigenvalue weighted by atomic mass is 9.55. The number of nitrogens with two attached hydrogens (primary N) is 1. The van der Waals surface area contributed by atoms with E-state index in [4.69, 9.17) is 10.8 Å². The number of hydrogen-bond donors (Lipinski definition) is 3. The highest BCUT2D eigenvalue weighted by Crippen LogP contribution is 2.53. The number of carboxylic acid groups (broad SMARTS) is 1. The van der Waals surface area contributed by atoms with E-state index in [1.165, 1.54) is 0 Å². The minimum atomic E-state index is -0.955. The van der Waals surface area contributed by atoms with E-state index >= 15 is 0 Å². The number of aliphatic hydroxyl groups is 1. The average Bonchev–Trinajstić information content (AvgIpc) is 2.11. The van der Waals surface area contributed by atoms with Gasteiger partial charge in [0.25, 0.3) is 0 Å². The van der Waals surface area contributed by atoms with Crippen molar-refractivity contribution in [3.05, 3.63) is 0 Å². The van der Waals surface area contributed by atoms with Crippen LogP contribution in [0.4, 0.5) is 0 Å². The smallest absolute Gasteiger partial charge is 0.321 e. The molecule has 2 saturated carbocycles. The second kappa shape index (κ2) is 3.95. The molecule has 4 nitrogen and oxygen atoms in total. The van der Waals surface area contributed by atoms with Crippen LogP contribution in [0, 0.1) is 17.3 Å². The van der Waals surface area contributed by atoms with Crippen LogP contribution < -0.4 is 5.73 Å². The summed E-state index contributed by atoms with van der Waals surface area (Å²) < 4.78 is 0. The molecule has 0 amide bonds. The van der Waals surface area contributed by atoms with E-state index in [9.17, 15) is 9.90 Å². The fraction of sp³-hybridized carbons (Fsp3) is 0.923. The van der Waals surface area contributed by atoms with Crippen molar-refractivity contribution in [1.29, 1.82) is 0 Å². The molecular formula is C13H23NO3. The summed E-state index contributed by atoms with van der Waals surface area (Å²) in [5, 5.41) is 19.7. The predicted octanol–water partition coefficient (Wildman–Crippen LogP) is 1.37. The Morgan fingerprint density at radius 2 is 2.06 bits per heavy atom. The van der Waals surface area contributed by atoms with Gasteiger partial charge < -0.3 is 15.9 Å². The zero-order valence-corrected chi connectivity index (χ0v) is 10.6. The SMILES string of the molecule is CC1CC2CC(O)(C1)CC(C)([C@H](N)C(=O)O)C2. The third-order valence-electron chi connectivity index (χ3n) is 4.64. The summed E-state index contributed by atoms with van der Waals surface area (Å²) >= 11 is 0. The van der Waals surface area contributed by atoms with Gasteiger partial charge in [-0.1, -0.05) is 13.8 Å². The summed E-state index contributed by atoms with van der Waals surface area (Å²) in [7, 11) is 0. The first kappa shape index (κ1) is 12.8. The zero-order chi connectivity index (χ0) is 12.8. The standard InChI is InChI=1S/C13H23NO3/c1-8-3-9-5-12(2,10(14)11(15)16)7-13(17,4-8)6-9/h8-10,17H,3-7,14H2,1-2H3,(H,15,16)/t8?,9?,10-,12?,13?/m1/s1. The Balaban J connectivity index is 2.21. The third kappa shape index (κ3) is 2.33. The molecule has 4 N–H and O–H groups in total. The molecule has 2 fully saturated rings. The highest BCUT2D eigenvalue weighted by atomic mass is 16.4. The van der Waals surface area contributed by atoms with E-state index in [-0.39, 0.29) is 0 Å². The highest BCUT2D eigenvalue weighted by molar-refractivity contribution is 5.74. The number of hydrogen-bond acceptors (Lipinski definition) is 3. The maximum absolute atomic E-state index is 11.1. The Hall–Kier alpha value is -0.610. The second-order valence-electron chi connectivity index (χ2n) is 6.69. The van der Waals surface area contributed by atoms with Gasteiger partial charge in [0.1, 0.15) is 6.04 Å². The molecule has 4 unspecified atom stereocenters. The van der Waals surface area contributed by atoms with Crippen molar-refractivity contribution >= 4 is 5.97 Å². The molecular weight excluding hydrogens is 218 g/mol. The fourth-order valence-electron chi connectivity index (χ4n) is 4.32. The van der Waals surface area contributed by atoms with E-state index in [1.807, 2.05) is 6.92 Å². The Morgan fingerprint density at radius 3 is 2.59 bits per heavy atom. The van der Waals surface area contributed by atoms with Crippen molar-refractivity contribution in [2.45, 2.75) is 57.6 Å².